The Labute approximate surface area is 120 Å². The van der Waals surface area contributed by atoms with Gasteiger partial charge in [0.1, 0.15) is 0 Å². The van der Waals surface area contributed by atoms with E-state index < -0.39 is 5.97 Å². The van der Waals surface area contributed by atoms with Crippen LogP contribution in [0.15, 0.2) is 35.1 Å². The molecular weight excluding hydrogens is 270 g/mol. The number of carboxylic acid groups (broad SMARTS) is 1. The Morgan fingerprint density at radius 3 is 2.81 bits per heavy atom. The minimum absolute atomic E-state index is 0.0513. The van der Waals surface area contributed by atoms with Crippen LogP contribution in [0.3, 0.4) is 0 Å². The maximum absolute atomic E-state index is 11.6. The van der Waals surface area contributed by atoms with Gasteiger partial charge in [0.25, 0.3) is 5.71 Å². The molecule has 0 aliphatic carbocycles. The van der Waals surface area contributed by atoms with Crippen LogP contribution >= 0.6 is 0 Å². The zero-order valence-corrected chi connectivity index (χ0v) is 11.6. The predicted molar refractivity (Wildman–Crippen MR) is 76.1 cm³/mol. The van der Waals surface area contributed by atoms with Crippen molar-refractivity contribution in [3.8, 4) is 11.3 Å². The van der Waals surface area contributed by atoms with Gasteiger partial charge in [-0.3, -0.25) is 4.98 Å². The van der Waals surface area contributed by atoms with Gasteiger partial charge in [0, 0.05) is 18.0 Å². The molecule has 0 radical (unpaired) electrons. The van der Waals surface area contributed by atoms with E-state index in [4.69, 9.17) is 4.52 Å². The van der Waals surface area contributed by atoms with Gasteiger partial charge in [0.2, 0.25) is 0 Å². The van der Waals surface area contributed by atoms with Crippen LogP contribution < -0.4 is 0 Å². The number of nitrogens with zero attached hydrogens (tertiary/aromatic N) is 3. The lowest BCUT2D eigenvalue weighted by Crippen LogP contribution is -2.01. The second-order valence-corrected chi connectivity index (χ2v) is 5.00. The molecule has 1 N–H and O–H groups in total. The molecule has 106 valence electrons. The second kappa shape index (κ2) is 4.97. The number of pyridine rings is 2. The Morgan fingerprint density at radius 1 is 1.38 bits per heavy atom. The third-order valence-electron chi connectivity index (χ3n) is 3.21. The van der Waals surface area contributed by atoms with E-state index in [9.17, 15) is 9.90 Å². The molecule has 0 aliphatic heterocycles. The van der Waals surface area contributed by atoms with Crippen LogP contribution in [0.2, 0.25) is 0 Å². The molecule has 21 heavy (non-hydrogen) atoms. The molecular formula is C15H13N3O3. The lowest BCUT2D eigenvalue weighted by Gasteiger charge is -2.05. The number of aromatic nitrogens is 3. The van der Waals surface area contributed by atoms with Crippen LogP contribution in [-0.2, 0) is 0 Å². The van der Waals surface area contributed by atoms with E-state index in [0.717, 1.165) is 5.56 Å². The molecule has 0 amide bonds. The molecule has 0 aliphatic rings. The quantitative estimate of drug-likeness (QED) is 0.794. The first kappa shape index (κ1) is 13.2. The maximum atomic E-state index is 11.6. The summed E-state index contributed by atoms with van der Waals surface area (Å²) >= 11 is 0. The highest BCUT2D eigenvalue weighted by atomic mass is 16.5. The van der Waals surface area contributed by atoms with Crippen LogP contribution in [-0.4, -0.2) is 26.2 Å². The largest absolute Gasteiger partial charge is 0.478 e. The van der Waals surface area contributed by atoms with Crippen LogP contribution in [0.5, 0.6) is 0 Å². The summed E-state index contributed by atoms with van der Waals surface area (Å²) in [5.41, 5.74) is 2.21. The Balaban J connectivity index is 2.30. The fraction of sp³-hybridized carbons (Fsp3) is 0.200. The maximum Gasteiger partial charge on any atom is 0.336 e. The first-order valence-corrected chi connectivity index (χ1v) is 6.52. The van der Waals surface area contributed by atoms with Gasteiger partial charge in [0.15, 0.2) is 0 Å². The Hall–Kier alpha value is -2.76. The number of hydrogen-bond acceptors (Lipinski definition) is 5. The molecule has 0 saturated carbocycles. The first-order chi connectivity index (χ1) is 10.1. The summed E-state index contributed by atoms with van der Waals surface area (Å²) in [6, 6.07) is 5.11. The molecule has 0 fully saturated rings. The third kappa shape index (κ3) is 2.24. The van der Waals surface area contributed by atoms with Crippen molar-refractivity contribution in [2.24, 2.45) is 0 Å². The molecule has 0 unspecified atom stereocenters. The molecule has 0 saturated heterocycles. The summed E-state index contributed by atoms with van der Waals surface area (Å²) < 4.78 is 5.22. The average molecular weight is 283 g/mol. The summed E-state index contributed by atoms with van der Waals surface area (Å²) in [4.78, 5) is 19.9. The van der Waals surface area contributed by atoms with E-state index in [-0.39, 0.29) is 17.2 Å². The molecule has 3 aromatic heterocycles. The van der Waals surface area contributed by atoms with Crippen molar-refractivity contribution in [3.05, 3.63) is 41.9 Å². The highest BCUT2D eigenvalue weighted by molar-refractivity contribution is 6.03. The van der Waals surface area contributed by atoms with Crippen LogP contribution in [0.4, 0.5) is 0 Å². The Morgan fingerprint density at radius 2 is 2.19 bits per heavy atom. The lowest BCUT2D eigenvalue weighted by molar-refractivity contribution is 0.0699. The number of aromatic carboxylic acids is 1. The minimum atomic E-state index is -1.03. The second-order valence-electron chi connectivity index (χ2n) is 5.00. The van der Waals surface area contributed by atoms with Gasteiger partial charge < -0.3 is 9.63 Å². The molecule has 0 bridgehead atoms. The van der Waals surface area contributed by atoms with E-state index in [0.29, 0.717) is 16.8 Å². The summed E-state index contributed by atoms with van der Waals surface area (Å²) in [6.07, 6.45) is 3.27. The highest BCUT2D eigenvalue weighted by Gasteiger charge is 2.22. The first-order valence-electron chi connectivity index (χ1n) is 6.52. The third-order valence-corrected chi connectivity index (χ3v) is 3.21. The SMILES string of the molecule is CC(C)c1noc2nc(-c3cccnc3)cc(C(=O)O)c12. The van der Waals surface area contributed by atoms with Crippen molar-refractivity contribution in [1.82, 2.24) is 15.1 Å². The molecule has 3 heterocycles. The van der Waals surface area contributed by atoms with E-state index in [1.165, 1.54) is 6.07 Å². The Bertz CT molecular complexity index is 810. The normalized spacial score (nSPS) is 11.2. The van der Waals surface area contributed by atoms with Crippen molar-refractivity contribution in [1.29, 1.82) is 0 Å². The van der Waals surface area contributed by atoms with Crippen molar-refractivity contribution in [2.45, 2.75) is 19.8 Å². The van der Waals surface area contributed by atoms with Gasteiger partial charge in [-0.25, -0.2) is 9.78 Å². The number of rotatable bonds is 3. The van der Waals surface area contributed by atoms with Gasteiger partial charge in [-0.1, -0.05) is 19.0 Å². The van der Waals surface area contributed by atoms with Crippen molar-refractivity contribution < 1.29 is 14.4 Å². The summed E-state index contributed by atoms with van der Waals surface area (Å²) in [5, 5.41) is 13.9. The smallest absolute Gasteiger partial charge is 0.336 e. The topological polar surface area (TPSA) is 89.1 Å². The van der Waals surface area contributed by atoms with Crippen LogP contribution in [0.1, 0.15) is 35.8 Å². The van der Waals surface area contributed by atoms with Gasteiger partial charge >= 0.3 is 5.97 Å². The fourth-order valence-electron chi connectivity index (χ4n) is 2.20. The molecule has 6 heteroatoms. The van der Waals surface area contributed by atoms with Gasteiger partial charge in [-0.05, 0) is 24.1 Å². The van der Waals surface area contributed by atoms with Gasteiger partial charge in [-0.2, -0.15) is 0 Å². The average Bonchev–Trinajstić information content (AvgIpc) is 2.91. The number of hydrogen-bond donors (Lipinski definition) is 1. The zero-order valence-electron chi connectivity index (χ0n) is 11.6. The summed E-state index contributed by atoms with van der Waals surface area (Å²) in [7, 11) is 0. The summed E-state index contributed by atoms with van der Waals surface area (Å²) in [6.45, 7) is 3.86. The molecule has 0 aromatic carbocycles. The molecule has 0 atom stereocenters. The highest BCUT2D eigenvalue weighted by Crippen LogP contribution is 2.30. The van der Waals surface area contributed by atoms with Crippen LogP contribution in [0, 0.1) is 0 Å². The molecule has 0 spiro atoms. The lowest BCUT2D eigenvalue weighted by atomic mass is 10.0. The fourth-order valence-corrected chi connectivity index (χ4v) is 2.20. The van der Waals surface area contributed by atoms with E-state index in [2.05, 4.69) is 15.1 Å². The van der Waals surface area contributed by atoms with E-state index in [1.807, 2.05) is 19.9 Å². The van der Waals surface area contributed by atoms with E-state index in [1.54, 1.807) is 18.5 Å². The van der Waals surface area contributed by atoms with Crippen molar-refractivity contribution in [2.75, 3.05) is 0 Å². The summed E-state index contributed by atoms with van der Waals surface area (Å²) in [5.74, 6) is -0.979. The number of carbonyl (C=O) groups is 1. The zero-order chi connectivity index (χ0) is 15.0. The monoisotopic (exact) mass is 283 g/mol. The number of carboxylic acids is 1. The standard InChI is InChI=1S/C15H13N3O3/c1-8(2)13-12-10(15(19)20)6-11(17-14(12)21-18-13)9-4-3-5-16-7-9/h3-8H,1-2H3,(H,19,20). The van der Waals surface area contributed by atoms with Crippen molar-refractivity contribution >= 4 is 17.1 Å². The van der Waals surface area contributed by atoms with Crippen LogP contribution in [0.25, 0.3) is 22.4 Å². The van der Waals surface area contributed by atoms with E-state index >= 15 is 0 Å². The minimum Gasteiger partial charge on any atom is -0.478 e. The molecule has 6 nitrogen and oxygen atoms in total. The Kier molecular flexibility index (Phi) is 3.13. The number of fused-ring (bicyclic) bond motifs is 1. The molecule has 3 rings (SSSR count). The predicted octanol–water partition coefficient (Wildman–Crippen LogP) is 3.11. The van der Waals surface area contributed by atoms with Crippen molar-refractivity contribution in [3.63, 3.8) is 0 Å². The van der Waals surface area contributed by atoms with Gasteiger partial charge in [-0.15, -0.1) is 0 Å². The molecule has 3 aromatic rings. The van der Waals surface area contributed by atoms with Gasteiger partial charge in [0.05, 0.1) is 22.3 Å².